The van der Waals surface area contributed by atoms with Gasteiger partial charge in [-0.3, -0.25) is 0 Å². The van der Waals surface area contributed by atoms with Crippen LogP contribution in [0, 0.1) is 5.41 Å². The third kappa shape index (κ3) is 1.47. The van der Waals surface area contributed by atoms with Gasteiger partial charge < -0.3 is 11.1 Å². The van der Waals surface area contributed by atoms with E-state index in [1.807, 2.05) is 18.2 Å². The van der Waals surface area contributed by atoms with E-state index in [0.717, 1.165) is 11.1 Å². The van der Waals surface area contributed by atoms with E-state index in [1.54, 1.807) is 0 Å². The van der Waals surface area contributed by atoms with Gasteiger partial charge >= 0.3 is 0 Å². The molecule has 0 fully saturated rings. The topological polar surface area (TPSA) is 49.9 Å². The standard InChI is InChI=1S/C10H14N2.H2/c1-7(2)8-4-3-5-10(12)9(8)6-11;/h3-7,11H,12H2,1-2H3;1H. The van der Waals surface area contributed by atoms with E-state index in [1.165, 1.54) is 6.21 Å². The molecular weight excluding hydrogens is 148 g/mol. The summed E-state index contributed by atoms with van der Waals surface area (Å²) in [5, 5.41) is 7.21. The van der Waals surface area contributed by atoms with Crippen LogP contribution < -0.4 is 5.73 Å². The lowest BCUT2D eigenvalue weighted by molar-refractivity contribution is 0.865. The first kappa shape index (κ1) is 8.78. The monoisotopic (exact) mass is 164 g/mol. The quantitative estimate of drug-likeness (QED) is 0.512. The first-order valence-corrected chi connectivity index (χ1v) is 4.05. The Morgan fingerprint density at radius 3 is 2.58 bits per heavy atom. The van der Waals surface area contributed by atoms with Crippen molar-refractivity contribution in [1.29, 1.82) is 5.41 Å². The van der Waals surface area contributed by atoms with E-state index >= 15 is 0 Å². The van der Waals surface area contributed by atoms with Gasteiger partial charge in [0, 0.05) is 18.9 Å². The minimum Gasteiger partial charge on any atom is -0.398 e. The molecule has 1 aromatic rings. The first-order valence-electron chi connectivity index (χ1n) is 4.05. The maximum Gasteiger partial charge on any atom is 0.0405 e. The van der Waals surface area contributed by atoms with Crippen molar-refractivity contribution < 1.29 is 1.43 Å². The Kier molecular flexibility index (Phi) is 2.48. The summed E-state index contributed by atoms with van der Waals surface area (Å²) in [6.45, 7) is 4.20. The molecule has 0 aliphatic carbocycles. The Bertz CT molecular complexity index is 295. The molecule has 2 heteroatoms. The van der Waals surface area contributed by atoms with E-state index in [-0.39, 0.29) is 1.43 Å². The minimum atomic E-state index is 0. The number of nitrogens with one attached hydrogen (secondary N) is 1. The SMILES string of the molecule is CC(C)c1cccc(N)c1C=N.[HH]. The summed E-state index contributed by atoms with van der Waals surface area (Å²) in [5.74, 6) is 0.421. The summed E-state index contributed by atoms with van der Waals surface area (Å²) in [4.78, 5) is 0. The highest BCUT2D eigenvalue weighted by molar-refractivity contribution is 5.87. The highest BCUT2D eigenvalue weighted by Crippen LogP contribution is 2.22. The number of nitrogens with two attached hydrogens (primary N) is 1. The maximum atomic E-state index is 7.21. The van der Waals surface area contributed by atoms with Crippen molar-refractivity contribution in [3.63, 3.8) is 0 Å². The minimum absolute atomic E-state index is 0. The van der Waals surface area contributed by atoms with Crippen molar-refractivity contribution in [2.75, 3.05) is 5.73 Å². The third-order valence-electron chi connectivity index (χ3n) is 1.94. The van der Waals surface area contributed by atoms with Crippen LogP contribution in [-0.4, -0.2) is 6.21 Å². The summed E-state index contributed by atoms with van der Waals surface area (Å²) in [5.41, 5.74) is 8.41. The second-order valence-electron chi connectivity index (χ2n) is 3.15. The van der Waals surface area contributed by atoms with Gasteiger partial charge in [-0.15, -0.1) is 0 Å². The van der Waals surface area contributed by atoms with Crippen LogP contribution in [0.15, 0.2) is 18.2 Å². The normalized spacial score (nSPS) is 10.2. The summed E-state index contributed by atoms with van der Waals surface area (Å²) in [6, 6.07) is 5.77. The first-order chi connectivity index (χ1) is 5.66. The largest absolute Gasteiger partial charge is 0.398 e. The molecule has 12 heavy (non-hydrogen) atoms. The van der Waals surface area contributed by atoms with E-state index in [0.29, 0.717) is 11.6 Å². The predicted octanol–water partition coefficient (Wildman–Crippen LogP) is 2.64. The van der Waals surface area contributed by atoms with Crippen molar-refractivity contribution in [1.82, 2.24) is 0 Å². The fourth-order valence-corrected chi connectivity index (χ4v) is 1.27. The molecule has 0 aliphatic rings. The fraction of sp³-hybridized carbons (Fsp3) is 0.300. The van der Waals surface area contributed by atoms with E-state index in [2.05, 4.69) is 13.8 Å². The van der Waals surface area contributed by atoms with Crippen LogP contribution in [0.2, 0.25) is 0 Å². The summed E-state index contributed by atoms with van der Waals surface area (Å²) in [6.07, 6.45) is 1.32. The van der Waals surface area contributed by atoms with Crippen molar-refractivity contribution in [2.24, 2.45) is 0 Å². The molecule has 0 heterocycles. The Labute approximate surface area is 74.4 Å². The highest BCUT2D eigenvalue weighted by atomic mass is 14.6. The van der Waals surface area contributed by atoms with Crippen LogP contribution >= 0.6 is 0 Å². The summed E-state index contributed by atoms with van der Waals surface area (Å²) in [7, 11) is 0. The Balaban J connectivity index is 0.00000144. The molecule has 1 aromatic carbocycles. The second kappa shape index (κ2) is 3.39. The van der Waals surface area contributed by atoms with Crippen LogP contribution in [0.4, 0.5) is 5.69 Å². The van der Waals surface area contributed by atoms with Crippen molar-refractivity contribution in [3.05, 3.63) is 29.3 Å². The van der Waals surface area contributed by atoms with Crippen LogP contribution in [-0.2, 0) is 0 Å². The zero-order chi connectivity index (χ0) is 9.14. The summed E-state index contributed by atoms with van der Waals surface area (Å²) >= 11 is 0. The molecule has 3 N–H and O–H groups in total. The molecule has 0 bridgehead atoms. The number of nitrogen functional groups attached to an aromatic ring is 1. The Morgan fingerprint density at radius 2 is 2.17 bits per heavy atom. The smallest absolute Gasteiger partial charge is 0.0405 e. The van der Waals surface area contributed by atoms with Gasteiger partial charge in [-0.1, -0.05) is 26.0 Å². The maximum absolute atomic E-state index is 7.21. The molecule has 0 saturated carbocycles. The average molecular weight is 164 g/mol. The molecule has 1 rings (SSSR count). The third-order valence-corrected chi connectivity index (χ3v) is 1.94. The van der Waals surface area contributed by atoms with Crippen molar-refractivity contribution in [2.45, 2.75) is 19.8 Å². The van der Waals surface area contributed by atoms with Gasteiger partial charge in [0.2, 0.25) is 0 Å². The van der Waals surface area contributed by atoms with Crippen LogP contribution in [0.25, 0.3) is 0 Å². The van der Waals surface area contributed by atoms with Gasteiger partial charge in [0.1, 0.15) is 0 Å². The van der Waals surface area contributed by atoms with E-state index in [4.69, 9.17) is 11.1 Å². The second-order valence-corrected chi connectivity index (χ2v) is 3.15. The fourth-order valence-electron chi connectivity index (χ4n) is 1.27. The molecule has 0 saturated heterocycles. The number of benzene rings is 1. The predicted molar refractivity (Wildman–Crippen MR) is 54.9 cm³/mol. The molecule has 0 spiro atoms. The van der Waals surface area contributed by atoms with E-state index < -0.39 is 0 Å². The van der Waals surface area contributed by atoms with Crippen LogP contribution in [0.1, 0.15) is 32.3 Å². The van der Waals surface area contributed by atoms with Gasteiger partial charge in [-0.05, 0) is 17.5 Å². The van der Waals surface area contributed by atoms with Gasteiger partial charge in [0.15, 0.2) is 0 Å². The number of rotatable bonds is 2. The zero-order valence-electron chi connectivity index (χ0n) is 7.46. The Hall–Kier alpha value is -1.31. The number of anilines is 1. The van der Waals surface area contributed by atoms with Crippen molar-refractivity contribution >= 4 is 11.9 Å². The number of hydrogen-bond donors (Lipinski definition) is 2. The van der Waals surface area contributed by atoms with Crippen LogP contribution in [0.3, 0.4) is 0 Å². The van der Waals surface area contributed by atoms with Gasteiger partial charge in [0.25, 0.3) is 0 Å². The van der Waals surface area contributed by atoms with Gasteiger partial charge in [-0.25, -0.2) is 0 Å². The summed E-state index contributed by atoms with van der Waals surface area (Å²) < 4.78 is 0. The van der Waals surface area contributed by atoms with Gasteiger partial charge in [0.05, 0.1) is 0 Å². The lowest BCUT2D eigenvalue weighted by Crippen LogP contribution is -1.99. The molecule has 66 valence electrons. The lowest BCUT2D eigenvalue weighted by Gasteiger charge is -2.10. The zero-order valence-corrected chi connectivity index (χ0v) is 7.46. The molecule has 0 aliphatic heterocycles. The van der Waals surface area contributed by atoms with Crippen molar-refractivity contribution in [3.8, 4) is 0 Å². The Morgan fingerprint density at radius 1 is 1.50 bits per heavy atom. The molecule has 0 atom stereocenters. The molecule has 0 aromatic heterocycles. The number of hydrogen-bond acceptors (Lipinski definition) is 2. The van der Waals surface area contributed by atoms with E-state index in [9.17, 15) is 0 Å². The molecule has 0 amide bonds. The molecule has 0 radical (unpaired) electrons. The van der Waals surface area contributed by atoms with Gasteiger partial charge in [-0.2, -0.15) is 0 Å². The molecule has 0 unspecified atom stereocenters. The van der Waals surface area contributed by atoms with Crippen LogP contribution in [0.5, 0.6) is 0 Å². The highest BCUT2D eigenvalue weighted by Gasteiger charge is 2.06. The average Bonchev–Trinajstić information content (AvgIpc) is 2.03. The molecular formula is C10H16N2. The lowest BCUT2D eigenvalue weighted by atomic mass is 9.97. The molecule has 2 nitrogen and oxygen atoms in total.